The second kappa shape index (κ2) is 6.64. The summed E-state index contributed by atoms with van der Waals surface area (Å²) >= 11 is 0. The van der Waals surface area contributed by atoms with E-state index in [1.807, 2.05) is 12.1 Å². The minimum absolute atomic E-state index is 0.0145. The van der Waals surface area contributed by atoms with Gasteiger partial charge in [-0.15, -0.1) is 0 Å². The van der Waals surface area contributed by atoms with Crippen LogP contribution in [0, 0.1) is 5.92 Å². The van der Waals surface area contributed by atoms with Gasteiger partial charge in [0, 0.05) is 13.1 Å². The second-order valence-corrected chi connectivity index (χ2v) is 6.75. The third kappa shape index (κ3) is 2.77. The molecule has 0 unspecified atom stereocenters. The predicted octanol–water partition coefficient (Wildman–Crippen LogP) is 4.63. The molecule has 24 heavy (non-hydrogen) atoms. The van der Waals surface area contributed by atoms with Crippen LogP contribution in [0.1, 0.15) is 36.8 Å². The van der Waals surface area contributed by atoms with E-state index in [2.05, 4.69) is 53.4 Å². The Balaban J connectivity index is 1.77. The first-order chi connectivity index (χ1) is 11.8. The minimum Gasteiger partial charge on any atom is -0.342 e. The first kappa shape index (κ1) is 15.2. The van der Waals surface area contributed by atoms with Gasteiger partial charge in [-0.3, -0.25) is 4.79 Å². The Morgan fingerprint density at radius 3 is 2.04 bits per heavy atom. The lowest BCUT2D eigenvalue weighted by atomic mass is 9.90. The molecule has 0 saturated carbocycles. The van der Waals surface area contributed by atoms with E-state index < -0.39 is 0 Å². The molecule has 0 radical (unpaired) electrons. The summed E-state index contributed by atoms with van der Waals surface area (Å²) in [7, 11) is 0. The van der Waals surface area contributed by atoms with Gasteiger partial charge in [-0.05, 0) is 48.0 Å². The first-order valence-corrected chi connectivity index (χ1v) is 8.97. The van der Waals surface area contributed by atoms with Gasteiger partial charge in [0.05, 0.1) is 5.92 Å². The van der Waals surface area contributed by atoms with E-state index in [1.54, 1.807) is 0 Å². The maximum atomic E-state index is 13.1. The molecular formula is C22H23NO. The van der Waals surface area contributed by atoms with Crippen LogP contribution in [0.25, 0.3) is 11.1 Å². The summed E-state index contributed by atoms with van der Waals surface area (Å²) in [6.45, 7) is 1.86. The summed E-state index contributed by atoms with van der Waals surface area (Å²) in [5.74, 6) is 0.345. The van der Waals surface area contributed by atoms with E-state index in [0.717, 1.165) is 38.8 Å². The zero-order valence-corrected chi connectivity index (χ0v) is 13.9. The highest BCUT2D eigenvalue weighted by molar-refractivity contribution is 6.04. The molecule has 2 aromatic carbocycles. The lowest BCUT2D eigenvalue weighted by Gasteiger charge is -2.22. The fourth-order valence-corrected chi connectivity index (χ4v) is 4.12. The average molecular weight is 317 g/mol. The maximum absolute atomic E-state index is 13.1. The number of likely N-dealkylation sites (tertiary alicyclic amines) is 1. The number of rotatable bonds is 3. The van der Waals surface area contributed by atoms with Gasteiger partial charge >= 0.3 is 0 Å². The van der Waals surface area contributed by atoms with E-state index in [9.17, 15) is 4.79 Å². The topological polar surface area (TPSA) is 20.3 Å². The van der Waals surface area contributed by atoms with Crippen LogP contribution in [-0.4, -0.2) is 23.9 Å². The molecule has 1 saturated heterocycles. The normalized spacial score (nSPS) is 20.7. The van der Waals surface area contributed by atoms with Gasteiger partial charge in [-0.25, -0.2) is 0 Å². The van der Waals surface area contributed by atoms with E-state index in [0.29, 0.717) is 5.91 Å². The summed E-state index contributed by atoms with van der Waals surface area (Å²) in [6.07, 6.45) is 4.21. The SMILES string of the molecule is O=C([C@H]1CCC(c2ccccc2)=C1c1ccccc1)N1CCCC1. The third-order valence-electron chi connectivity index (χ3n) is 5.28. The molecule has 1 fully saturated rings. The van der Waals surface area contributed by atoms with Gasteiger partial charge in [0.2, 0.25) is 5.91 Å². The van der Waals surface area contributed by atoms with Gasteiger partial charge in [-0.1, -0.05) is 60.7 Å². The average Bonchev–Trinajstić information content (AvgIpc) is 3.32. The number of amides is 1. The van der Waals surface area contributed by atoms with Crippen LogP contribution in [-0.2, 0) is 4.79 Å². The number of allylic oxidation sites excluding steroid dienone is 1. The quantitative estimate of drug-likeness (QED) is 0.808. The number of nitrogens with zero attached hydrogens (tertiary/aromatic N) is 1. The van der Waals surface area contributed by atoms with Crippen LogP contribution in [0.5, 0.6) is 0 Å². The molecule has 4 rings (SSSR count). The number of hydrogen-bond acceptors (Lipinski definition) is 1. The van der Waals surface area contributed by atoms with Crippen molar-refractivity contribution in [2.45, 2.75) is 25.7 Å². The van der Waals surface area contributed by atoms with Crippen LogP contribution in [0.4, 0.5) is 0 Å². The fraction of sp³-hybridized carbons (Fsp3) is 0.318. The molecule has 2 aliphatic rings. The Morgan fingerprint density at radius 2 is 1.42 bits per heavy atom. The van der Waals surface area contributed by atoms with Crippen molar-refractivity contribution in [3.63, 3.8) is 0 Å². The van der Waals surface area contributed by atoms with Crippen molar-refractivity contribution in [2.24, 2.45) is 5.92 Å². The molecule has 1 heterocycles. The number of benzene rings is 2. The molecular weight excluding hydrogens is 294 g/mol. The van der Waals surface area contributed by atoms with Crippen LogP contribution >= 0.6 is 0 Å². The van der Waals surface area contributed by atoms with E-state index in [1.165, 1.54) is 22.3 Å². The predicted molar refractivity (Wildman–Crippen MR) is 98.2 cm³/mol. The highest BCUT2D eigenvalue weighted by atomic mass is 16.2. The monoisotopic (exact) mass is 317 g/mol. The van der Waals surface area contributed by atoms with E-state index >= 15 is 0 Å². The Hall–Kier alpha value is -2.35. The molecule has 0 spiro atoms. The van der Waals surface area contributed by atoms with Gasteiger partial charge in [0.25, 0.3) is 0 Å². The van der Waals surface area contributed by atoms with Crippen molar-refractivity contribution in [3.8, 4) is 0 Å². The highest BCUT2D eigenvalue weighted by Gasteiger charge is 2.35. The zero-order chi connectivity index (χ0) is 16.4. The van der Waals surface area contributed by atoms with Crippen molar-refractivity contribution < 1.29 is 4.79 Å². The summed E-state index contributed by atoms with van der Waals surface area (Å²) in [5.41, 5.74) is 5.05. The fourth-order valence-electron chi connectivity index (χ4n) is 4.12. The number of hydrogen-bond donors (Lipinski definition) is 0. The highest BCUT2D eigenvalue weighted by Crippen LogP contribution is 2.44. The standard InChI is InChI=1S/C22H23NO/c24-22(23-15-7-8-16-23)20-14-13-19(17-9-3-1-4-10-17)21(20)18-11-5-2-6-12-18/h1-6,9-12,20H,7-8,13-16H2/t20-/m0/s1. The smallest absolute Gasteiger partial charge is 0.230 e. The Kier molecular flexibility index (Phi) is 4.20. The molecule has 2 nitrogen and oxygen atoms in total. The third-order valence-corrected chi connectivity index (χ3v) is 5.28. The molecule has 0 aromatic heterocycles. The maximum Gasteiger partial charge on any atom is 0.230 e. The van der Waals surface area contributed by atoms with Crippen LogP contribution in [0.2, 0.25) is 0 Å². The summed E-state index contributed by atoms with van der Waals surface area (Å²) in [5, 5.41) is 0. The Morgan fingerprint density at radius 1 is 0.833 bits per heavy atom. The van der Waals surface area contributed by atoms with Crippen molar-refractivity contribution in [1.82, 2.24) is 4.90 Å². The molecule has 0 N–H and O–H groups in total. The molecule has 1 atom stereocenters. The summed E-state index contributed by atoms with van der Waals surface area (Å²) < 4.78 is 0. The minimum atomic E-state index is 0.0145. The van der Waals surface area contributed by atoms with E-state index in [-0.39, 0.29) is 5.92 Å². The summed E-state index contributed by atoms with van der Waals surface area (Å²) in [6, 6.07) is 21.0. The Bertz CT molecular complexity index is 742. The van der Waals surface area contributed by atoms with Gasteiger partial charge < -0.3 is 4.90 Å². The molecule has 1 aliphatic heterocycles. The van der Waals surface area contributed by atoms with Gasteiger partial charge in [-0.2, -0.15) is 0 Å². The summed E-state index contributed by atoms with van der Waals surface area (Å²) in [4.78, 5) is 15.2. The number of carbonyl (C=O) groups excluding carboxylic acids is 1. The molecule has 1 amide bonds. The van der Waals surface area contributed by atoms with Crippen LogP contribution < -0.4 is 0 Å². The molecule has 122 valence electrons. The zero-order valence-electron chi connectivity index (χ0n) is 13.9. The molecule has 2 heteroatoms. The van der Waals surface area contributed by atoms with Crippen molar-refractivity contribution >= 4 is 17.1 Å². The number of carbonyl (C=O) groups is 1. The van der Waals surface area contributed by atoms with Crippen molar-refractivity contribution in [1.29, 1.82) is 0 Å². The Labute approximate surface area is 143 Å². The second-order valence-electron chi connectivity index (χ2n) is 6.75. The van der Waals surface area contributed by atoms with E-state index in [4.69, 9.17) is 0 Å². The lowest BCUT2D eigenvalue weighted by molar-refractivity contribution is -0.132. The van der Waals surface area contributed by atoms with Crippen molar-refractivity contribution in [3.05, 3.63) is 71.8 Å². The first-order valence-electron chi connectivity index (χ1n) is 8.97. The van der Waals surface area contributed by atoms with Crippen molar-refractivity contribution in [2.75, 3.05) is 13.1 Å². The van der Waals surface area contributed by atoms with Crippen LogP contribution in [0.15, 0.2) is 60.7 Å². The van der Waals surface area contributed by atoms with Crippen LogP contribution in [0.3, 0.4) is 0 Å². The largest absolute Gasteiger partial charge is 0.342 e. The van der Waals surface area contributed by atoms with Gasteiger partial charge in [0.1, 0.15) is 0 Å². The van der Waals surface area contributed by atoms with Gasteiger partial charge in [0.15, 0.2) is 0 Å². The lowest BCUT2D eigenvalue weighted by Crippen LogP contribution is -2.33. The molecule has 2 aromatic rings. The molecule has 1 aliphatic carbocycles. The molecule has 0 bridgehead atoms.